The molecule has 0 saturated heterocycles. The molecule has 0 bridgehead atoms. The summed E-state index contributed by atoms with van der Waals surface area (Å²) < 4.78 is 58.6. The molecule has 2 rings (SSSR count). The van der Waals surface area contributed by atoms with Crippen molar-refractivity contribution >= 4 is 31.6 Å². The SMILES string of the molecule is COc1ncc(Br)cc1NS(=O)(=O)c1ccc(CF)cc1CF. The van der Waals surface area contributed by atoms with Gasteiger partial charge in [-0.2, -0.15) is 0 Å². The minimum absolute atomic E-state index is 0.0685. The van der Waals surface area contributed by atoms with Crippen molar-refractivity contribution in [2.45, 2.75) is 18.2 Å². The van der Waals surface area contributed by atoms with Gasteiger partial charge in [0.1, 0.15) is 19.0 Å². The van der Waals surface area contributed by atoms with E-state index in [9.17, 15) is 17.2 Å². The first-order valence-corrected chi connectivity index (χ1v) is 8.65. The molecule has 0 atom stereocenters. The molecular weight excluding hydrogens is 394 g/mol. The van der Waals surface area contributed by atoms with Gasteiger partial charge in [0.2, 0.25) is 5.88 Å². The van der Waals surface area contributed by atoms with Gasteiger partial charge < -0.3 is 4.74 Å². The minimum atomic E-state index is -4.08. The lowest BCUT2D eigenvalue weighted by molar-refractivity contribution is 0.400. The zero-order valence-electron chi connectivity index (χ0n) is 12.0. The van der Waals surface area contributed by atoms with E-state index in [1.165, 1.54) is 37.6 Å². The van der Waals surface area contributed by atoms with Crippen LogP contribution in [0, 0.1) is 0 Å². The van der Waals surface area contributed by atoms with Gasteiger partial charge in [-0.3, -0.25) is 4.72 Å². The summed E-state index contributed by atoms with van der Waals surface area (Å²) >= 11 is 3.18. The molecule has 5 nitrogen and oxygen atoms in total. The van der Waals surface area contributed by atoms with Gasteiger partial charge >= 0.3 is 0 Å². The molecule has 0 radical (unpaired) electrons. The maximum Gasteiger partial charge on any atom is 0.262 e. The van der Waals surface area contributed by atoms with Crippen molar-refractivity contribution in [1.82, 2.24) is 4.98 Å². The largest absolute Gasteiger partial charge is 0.479 e. The smallest absolute Gasteiger partial charge is 0.262 e. The van der Waals surface area contributed by atoms with E-state index in [-0.39, 0.29) is 27.6 Å². The Morgan fingerprint density at radius 1 is 1.26 bits per heavy atom. The number of nitrogens with one attached hydrogen (secondary N) is 1. The van der Waals surface area contributed by atoms with Crippen LogP contribution in [0.3, 0.4) is 0 Å². The maximum absolute atomic E-state index is 13.1. The number of pyridine rings is 1. The van der Waals surface area contributed by atoms with Gasteiger partial charge in [0.05, 0.1) is 12.0 Å². The lowest BCUT2D eigenvalue weighted by Crippen LogP contribution is -2.16. The molecule has 1 aromatic heterocycles. The van der Waals surface area contributed by atoms with E-state index in [1.807, 2.05) is 0 Å². The summed E-state index contributed by atoms with van der Waals surface area (Å²) in [5.74, 6) is 0.0685. The number of hydrogen-bond acceptors (Lipinski definition) is 4. The normalized spacial score (nSPS) is 11.3. The summed E-state index contributed by atoms with van der Waals surface area (Å²) in [4.78, 5) is 3.66. The van der Waals surface area contributed by atoms with Crippen LogP contribution in [0.4, 0.5) is 14.5 Å². The Kier molecular flexibility index (Phi) is 5.53. The number of halogens is 3. The third-order valence-corrected chi connectivity index (χ3v) is 4.87. The molecule has 124 valence electrons. The number of sulfonamides is 1. The molecule has 0 saturated carbocycles. The van der Waals surface area contributed by atoms with Crippen molar-refractivity contribution in [2.24, 2.45) is 0 Å². The van der Waals surface area contributed by atoms with E-state index >= 15 is 0 Å². The predicted octanol–water partition coefficient (Wildman–Crippen LogP) is 3.59. The first kappa shape index (κ1) is 17.6. The average Bonchev–Trinajstić information content (AvgIpc) is 2.54. The Balaban J connectivity index is 2.46. The molecule has 0 aliphatic heterocycles. The highest BCUT2D eigenvalue weighted by Gasteiger charge is 2.21. The Hall–Kier alpha value is -1.74. The van der Waals surface area contributed by atoms with Crippen molar-refractivity contribution in [2.75, 3.05) is 11.8 Å². The van der Waals surface area contributed by atoms with Crippen molar-refractivity contribution in [3.8, 4) is 5.88 Å². The van der Waals surface area contributed by atoms with Gasteiger partial charge in [0, 0.05) is 16.2 Å². The van der Waals surface area contributed by atoms with Crippen LogP contribution in [0.25, 0.3) is 0 Å². The highest BCUT2D eigenvalue weighted by molar-refractivity contribution is 9.10. The number of anilines is 1. The molecule has 0 amide bonds. The Morgan fingerprint density at radius 3 is 2.61 bits per heavy atom. The molecule has 1 heterocycles. The van der Waals surface area contributed by atoms with Gasteiger partial charge in [-0.1, -0.05) is 6.07 Å². The van der Waals surface area contributed by atoms with Crippen LogP contribution >= 0.6 is 15.9 Å². The summed E-state index contributed by atoms with van der Waals surface area (Å²) in [7, 11) is -2.74. The van der Waals surface area contributed by atoms with Gasteiger partial charge in [0.25, 0.3) is 10.0 Å². The van der Waals surface area contributed by atoms with Crippen LogP contribution in [0.15, 0.2) is 39.8 Å². The number of ether oxygens (including phenoxy) is 1. The topological polar surface area (TPSA) is 68.3 Å². The van der Waals surface area contributed by atoms with Crippen molar-refractivity contribution in [1.29, 1.82) is 0 Å². The molecular formula is C14H13BrF2N2O3S. The van der Waals surface area contributed by atoms with E-state index < -0.39 is 23.4 Å². The summed E-state index contributed by atoms with van der Waals surface area (Å²) in [5.41, 5.74) is 0.189. The van der Waals surface area contributed by atoms with Gasteiger partial charge in [-0.05, 0) is 39.7 Å². The first-order valence-electron chi connectivity index (χ1n) is 6.37. The monoisotopic (exact) mass is 406 g/mol. The molecule has 0 aliphatic rings. The third kappa shape index (κ3) is 3.97. The lowest BCUT2D eigenvalue weighted by Gasteiger charge is -2.13. The van der Waals surface area contributed by atoms with Crippen LogP contribution in [0.5, 0.6) is 5.88 Å². The zero-order chi connectivity index (χ0) is 17.0. The molecule has 0 aliphatic carbocycles. The lowest BCUT2D eigenvalue weighted by atomic mass is 10.1. The van der Waals surface area contributed by atoms with Crippen LogP contribution in [0.2, 0.25) is 0 Å². The fourth-order valence-electron chi connectivity index (χ4n) is 1.94. The molecule has 1 aromatic carbocycles. The van der Waals surface area contributed by atoms with Crippen molar-refractivity contribution in [3.63, 3.8) is 0 Å². The third-order valence-electron chi connectivity index (χ3n) is 2.97. The Bertz CT molecular complexity index is 816. The summed E-state index contributed by atoms with van der Waals surface area (Å²) in [6.07, 6.45) is 1.44. The summed E-state index contributed by atoms with van der Waals surface area (Å²) in [5, 5.41) is 0. The number of aromatic nitrogens is 1. The van der Waals surface area contributed by atoms with E-state index in [4.69, 9.17) is 4.74 Å². The van der Waals surface area contributed by atoms with E-state index in [0.29, 0.717) is 4.47 Å². The highest BCUT2D eigenvalue weighted by atomic mass is 79.9. The van der Waals surface area contributed by atoms with E-state index in [1.54, 1.807) is 0 Å². The van der Waals surface area contributed by atoms with Gasteiger partial charge in [0.15, 0.2) is 0 Å². The molecule has 0 unspecified atom stereocenters. The fraction of sp³-hybridized carbons (Fsp3) is 0.214. The number of hydrogen-bond donors (Lipinski definition) is 1. The van der Waals surface area contributed by atoms with E-state index in [2.05, 4.69) is 25.6 Å². The number of benzene rings is 1. The van der Waals surface area contributed by atoms with Crippen molar-refractivity contribution in [3.05, 3.63) is 46.1 Å². The molecule has 0 spiro atoms. The number of alkyl halides is 2. The number of methoxy groups -OCH3 is 1. The highest BCUT2D eigenvalue weighted by Crippen LogP contribution is 2.29. The molecule has 9 heteroatoms. The minimum Gasteiger partial charge on any atom is -0.479 e. The predicted molar refractivity (Wildman–Crippen MR) is 85.4 cm³/mol. The second-order valence-electron chi connectivity index (χ2n) is 4.53. The quantitative estimate of drug-likeness (QED) is 0.795. The molecule has 23 heavy (non-hydrogen) atoms. The number of nitrogens with zero attached hydrogens (tertiary/aromatic N) is 1. The Labute approximate surface area is 140 Å². The average molecular weight is 407 g/mol. The van der Waals surface area contributed by atoms with Crippen molar-refractivity contribution < 1.29 is 21.9 Å². The van der Waals surface area contributed by atoms with Gasteiger partial charge in [-0.25, -0.2) is 22.2 Å². The van der Waals surface area contributed by atoms with Crippen LogP contribution in [0.1, 0.15) is 11.1 Å². The number of rotatable bonds is 6. The van der Waals surface area contributed by atoms with E-state index in [0.717, 1.165) is 0 Å². The summed E-state index contributed by atoms with van der Waals surface area (Å²) in [6.45, 7) is -1.83. The van der Waals surface area contributed by atoms with Crippen LogP contribution < -0.4 is 9.46 Å². The first-order chi connectivity index (χ1) is 10.9. The molecule has 0 fully saturated rings. The Morgan fingerprint density at radius 2 is 2.00 bits per heavy atom. The second-order valence-corrected chi connectivity index (χ2v) is 7.09. The van der Waals surface area contributed by atoms with Crippen LogP contribution in [-0.2, 0) is 23.4 Å². The maximum atomic E-state index is 13.1. The molecule has 2 aromatic rings. The molecule has 1 N–H and O–H groups in total. The van der Waals surface area contributed by atoms with Crippen LogP contribution in [-0.4, -0.2) is 20.5 Å². The zero-order valence-corrected chi connectivity index (χ0v) is 14.4. The van der Waals surface area contributed by atoms with Gasteiger partial charge in [-0.15, -0.1) is 0 Å². The second kappa shape index (κ2) is 7.22. The summed E-state index contributed by atoms with van der Waals surface area (Å²) in [6, 6.07) is 5.12. The fourth-order valence-corrected chi connectivity index (χ4v) is 3.53. The standard InChI is InChI=1S/C14H13BrF2N2O3S/c1-22-14-12(5-11(15)8-18-14)19-23(20,21)13-3-2-9(6-16)4-10(13)7-17/h2-5,8,19H,6-7H2,1H3.